The van der Waals surface area contributed by atoms with Gasteiger partial charge in [-0.1, -0.05) is 41.0 Å². The molecule has 1 N–H and O–H groups in total. The summed E-state index contributed by atoms with van der Waals surface area (Å²) in [6, 6.07) is 6.91. The van der Waals surface area contributed by atoms with Crippen molar-refractivity contribution in [3.05, 3.63) is 35.4 Å². The molecule has 1 saturated heterocycles. The van der Waals surface area contributed by atoms with Crippen molar-refractivity contribution in [2.24, 2.45) is 5.16 Å². The molecule has 1 atom stereocenters. The minimum Gasteiger partial charge on any atom is -0.444 e. The summed E-state index contributed by atoms with van der Waals surface area (Å²) in [4.78, 5) is 14.1. The van der Waals surface area contributed by atoms with E-state index < -0.39 is 5.60 Å². The maximum absolute atomic E-state index is 12.4. The normalized spacial score (nSPS) is 19.6. The molecule has 0 aliphatic carbocycles. The van der Waals surface area contributed by atoms with Crippen LogP contribution in [-0.4, -0.2) is 46.7 Å². The SMILES string of the molecule is CC(C)(C)OC(=O)N1CCOC[C@H]1c1ccc(/C(Cl)=N\O)cc1. The fraction of sp³-hybridized carbons (Fsp3) is 0.500. The van der Waals surface area contributed by atoms with Crippen molar-refractivity contribution in [3.63, 3.8) is 0 Å². The Kier molecular flexibility index (Phi) is 5.49. The minimum absolute atomic E-state index is 0.0143. The molecule has 23 heavy (non-hydrogen) atoms. The topological polar surface area (TPSA) is 71.4 Å². The van der Waals surface area contributed by atoms with Gasteiger partial charge in [0.15, 0.2) is 5.17 Å². The van der Waals surface area contributed by atoms with Crippen LogP contribution in [0.5, 0.6) is 0 Å². The molecule has 1 heterocycles. The Hall–Kier alpha value is -1.79. The number of ether oxygens (including phenoxy) is 2. The second-order valence-corrected chi connectivity index (χ2v) is 6.64. The first-order valence-corrected chi connectivity index (χ1v) is 7.75. The molecule has 0 spiro atoms. The zero-order chi connectivity index (χ0) is 17.0. The summed E-state index contributed by atoms with van der Waals surface area (Å²) in [5, 5.41) is 11.7. The lowest BCUT2D eigenvalue weighted by molar-refractivity contribution is -0.0331. The minimum atomic E-state index is -0.547. The van der Waals surface area contributed by atoms with Crippen molar-refractivity contribution in [3.8, 4) is 0 Å². The highest BCUT2D eigenvalue weighted by Crippen LogP contribution is 2.26. The number of rotatable bonds is 2. The molecule has 1 aliphatic rings. The molecule has 0 saturated carbocycles. The van der Waals surface area contributed by atoms with Crippen molar-refractivity contribution in [2.75, 3.05) is 19.8 Å². The Balaban J connectivity index is 2.19. The van der Waals surface area contributed by atoms with E-state index >= 15 is 0 Å². The zero-order valence-corrected chi connectivity index (χ0v) is 14.2. The van der Waals surface area contributed by atoms with Crippen LogP contribution in [0.1, 0.15) is 37.9 Å². The van der Waals surface area contributed by atoms with Gasteiger partial charge in [-0.25, -0.2) is 4.79 Å². The molecule has 6 nitrogen and oxygen atoms in total. The highest BCUT2D eigenvalue weighted by Gasteiger charge is 2.32. The molecule has 0 unspecified atom stereocenters. The highest BCUT2D eigenvalue weighted by molar-refractivity contribution is 6.69. The summed E-state index contributed by atoms with van der Waals surface area (Å²) in [6.45, 7) is 6.87. The molecule has 7 heteroatoms. The predicted molar refractivity (Wildman–Crippen MR) is 87.1 cm³/mol. The number of morpholine rings is 1. The molecule has 126 valence electrons. The summed E-state index contributed by atoms with van der Waals surface area (Å²) >= 11 is 5.77. The quantitative estimate of drug-likeness (QED) is 0.509. The number of hydrogen-bond acceptors (Lipinski definition) is 5. The Morgan fingerprint density at radius 1 is 1.39 bits per heavy atom. The summed E-state index contributed by atoms with van der Waals surface area (Å²) in [6.07, 6.45) is -0.357. The van der Waals surface area contributed by atoms with Gasteiger partial charge in [-0.2, -0.15) is 0 Å². The third-order valence-electron chi connectivity index (χ3n) is 3.38. The van der Waals surface area contributed by atoms with Crippen molar-refractivity contribution in [2.45, 2.75) is 32.4 Å². The maximum atomic E-state index is 12.4. The lowest BCUT2D eigenvalue weighted by Crippen LogP contribution is -2.45. The first-order valence-electron chi connectivity index (χ1n) is 7.37. The monoisotopic (exact) mass is 340 g/mol. The number of nitrogens with zero attached hydrogens (tertiary/aromatic N) is 2. The summed E-state index contributed by atoms with van der Waals surface area (Å²) < 4.78 is 11.0. The average Bonchev–Trinajstić information content (AvgIpc) is 2.52. The Labute approximate surface area is 140 Å². The molecule has 1 aliphatic heterocycles. The smallest absolute Gasteiger partial charge is 0.410 e. The van der Waals surface area contributed by atoms with Crippen molar-refractivity contribution in [1.29, 1.82) is 0 Å². The number of amides is 1. The van der Waals surface area contributed by atoms with Crippen molar-refractivity contribution in [1.82, 2.24) is 4.90 Å². The van der Waals surface area contributed by atoms with E-state index in [1.54, 1.807) is 17.0 Å². The fourth-order valence-electron chi connectivity index (χ4n) is 2.32. The molecular formula is C16H21ClN2O4. The van der Waals surface area contributed by atoms with Crippen LogP contribution in [0.4, 0.5) is 4.79 Å². The van der Waals surface area contributed by atoms with E-state index in [1.165, 1.54) is 0 Å². The van der Waals surface area contributed by atoms with Gasteiger partial charge in [0.2, 0.25) is 0 Å². The van der Waals surface area contributed by atoms with Crippen LogP contribution >= 0.6 is 11.6 Å². The van der Waals surface area contributed by atoms with Gasteiger partial charge in [0, 0.05) is 12.1 Å². The molecule has 1 amide bonds. The van der Waals surface area contributed by atoms with E-state index in [9.17, 15) is 4.79 Å². The lowest BCUT2D eigenvalue weighted by atomic mass is 10.0. The van der Waals surface area contributed by atoms with Crippen molar-refractivity contribution < 1.29 is 19.5 Å². The molecule has 0 aromatic heterocycles. The van der Waals surface area contributed by atoms with E-state index in [2.05, 4.69) is 5.16 Å². The van der Waals surface area contributed by atoms with Gasteiger partial charge < -0.3 is 14.7 Å². The number of hydrogen-bond donors (Lipinski definition) is 1. The second-order valence-electron chi connectivity index (χ2n) is 6.28. The van der Waals surface area contributed by atoms with Gasteiger partial charge >= 0.3 is 6.09 Å². The number of carbonyl (C=O) groups is 1. The van der Waals surface area contributed by atoms with E-state index in [1.807, 2.05) is 32.9 Å². The van der Waals surface area contributed by atoms with E-state index in [0.717, 1.165) is 5.56 Å². The second kappa shape index (κ2) is 7.19. The first-order chi connectivity index (χ1) is 10.8. The third-order valence-corrected chi connectivity index (χ3v) is 3.67. The maximum Gasteiger partial charge on any atom is 0.410 e. The first kappa shape index (κ1) is 17.6. The molecule has 1 aromatic carbocycles. The van der Waals surface area contributed by atoms with Crippen LogP contribution in [0.15, 0.2) is 29.4 Å². The molecule has 0 radical (unpaired) electrons. The van der Waals surface area contributed by atoms with Crippen molar-refractivity contribution >= 4 is 22.9 Å². The number of benzene rings is 1. The standard InChI is InChI=1S/C16H21ClN2O4/c1-16(2,3)23-15(20)19-8-9-22-10-13(19)11-4-6-12(7-5-11)14(17)18-21/h4-7,13,21H,8-10H2,1-3H3/b18-14+/t13-/m0/s1. The molecule has 1 fully saturated rings. The largest absolute Gasteiger partial charge is 0.444 e. The Morgan fingerprint density at radius 3 is 2.61 bits per heavy atom. The van der Waals surface area contributed by atoms with Crippen LogP contribution in [0.3, 0.4) is 0 Å². The third kappa shape index (κ3) is 4.59. The summed E-state index contributed by atoms with van der Waals surface area (Å²) in [5.41, 5.74) is 0.953. The van der Waals surface area contributed by atoms with Crippen LogP contribution in [0, 0.1) is 0 Å². The van der Waals surface area contributed by atoms with Crippen LogP contribution < -0.4 is 0 Å². The van der Waals surface area contributed by atoms with Gasteiger partial charge in [-0.3, -0.25) is 4.90 Å². The lowest BCUT2D eigenvalue weighted by Gasteiger charge is -2.36. The van der Waals surface area contributed by atoms with Gasteiger partial charge in [0.1, 0.15) is 5.60 Å². The van der Waals surface area contributed by atoms with E-state index in [4.69, 9.17) is 26.3 Å². The average molecular weight is 341 g/mol. The number of oxime groups is 1. The summed E-state index contributed by atoms with van der Waals surface area (Å²) in [5.74, 6) is 0. The van der Waals surface area contributed by atoms with E-state index in [0.29, 0.717) is 25.3 Å². The van der Waals surface area contributed by atoms with Crippen LogP contribution in [0.25, 0.3) is 0 Å². The fourth-order valence-corrected chi connectivity index (χ4v) is 2.45. The van der Waals surface area contributed by atoms with Gasteiger partial charge in [0.05, 0.1) is 19.3 Å². The Morgan fingerprint density at radius 2 is 2.04 bits per heavy atom. The predicted octanol–water partition coefficient (Wildman–Crippen LogP) is 3.37. The molecule has 1 aromatic rings. The molecule has 2 rings (SSSR count). The van der Waals surface area contributed by atoms with E-state index in [-0.39, 0.29) is 17.3 Å². The highest BCUT2D eigenvalue weighted by atomic mass is 35.5. The molecule has 0 bridgehead atoms. The zero-order valence-electron chi connectivity index (χ0n) is 13.5. The van der Waals surface area contributed by atoms with Gasteiger partial charge in [0.25, 0.3) is 0 Å². The summed E-state index contributed by atoms with van der Waals surface area (Å²) in [7, 11) is 0. The number of halogens is 1. The Bertz CT molecular complexity index is 581. The van der Waals surface area contributed by atoms with Crippen LogP contribution in [0.2, 0.25) is 0 Å². The van der Waals surface area contributed by atoms with Gasteiger partial charge in [-0.15, -0.1) is 0 Å². The van der Waals surface area contributed by atoms with Crippen LogP contribution in [-0.2, 0) is 9.47 Å². The molecular weight excluding hydrogens is 320 g/mol. The number of carbonyl (C=O) groups excluding carboxylic acids is 1. The van der Waals surface area contributed by atoms with Gasteiger partial charge in [-0.05, 0) is 26.3 Å².